The highest BCUT2D eigenvalue weighted by atomic mass is 16.4. The Labute approximate surface area is 140 Å². The van der Waals surface area contributed by atoms with Crippen LogP contribution in [0.15, 0.2) is 52.7 Å². The van der Waals surface area contributed by atoms with Crippen molar-refractivity contribution in [3.63, 3.8) is 0 Å². The largest absolute Gasteiger partial charge is 0.478 e. The lowest BCUT2D eigenvalue weighted by atomic mass is 9.72. The molecule has 3 rings (SSSR count). The summed E-state index contributed by atoms with van der Waals surface area (Å²) < 4.78 is 0. The van der Waals surface area contributed by atoms with Gasteiger partial charge in [0.25, 0.3) is 0 Å². The zero-order valence-electron chi connectivity index (χ0n) is 13.7. The molecule has 1 unspecified atom stereocenters. The lowest BCUT2D eigenvalue weighted by Gasteiger charge is -2.35. The summed E-state index contributed by atoms with van der Waals surface area (Å²) in [6.45, 7) is 4.37. The van der Waals surface area contributed by atoms with Crippen LogP contribution in [0.2, 0.25) is 0 Å². The van der Waals surface area contributed by atoms with Crippen LogP contribution in [0, 0.1) is 0 Å². The summed E-state index contributed by atoms with van der Waals surface area (Å²) >= 11 is 0. The van der Waals surface area contributed by atoms with Crippen LogP contribution >= 0.6 is 0 Å². The molecule has 24 heavy (non-hydrogen) atoms. The van der Waals surface area contributed by atoms with Crippen LogP contribution < -0.4 is 0 Å². The van der Waals surface area contributed by atoms with Gasteiger partial charge in [0, 0.05) is 0 Å². The predicted octanol–water partition coefficient (Wildman–Crippen LogP) is 4.91. The SMILES string of the molecule is CC1(C)CCC(O)c2cc(/N=N/c3ccc(C(=O)O)cc3)ccc21. The van der Waals surface area contributed by atoms with Crippen molar-refractivity contribution in [2.24, 2.45) is 10.2 Å². The first-order valence-electron chi connectivity index (χ1n) is 7.94. The molecule has 0 saturated carbocycles. The van der Waals surface area contributed by atoms with Gasteiger partial charge in [0.15, 0.2) is 0 Å². The summed E-state index contributed by atoms with van der Waals surface area (Å²) in [7, 11) is 0. The summed E-state index contributed by atoms with van der Waals surface area (Å²) in [6, 6.07) is 12.0. The molecule has 1 aliphatic carbocycles. The van der Waals surface area contributed by atoms with Crippen molar-refractivity contribution in [1.82, 2.24) is 0 Å². The summed E-state index contributed by atoms with van der Waals surface area (Å²) in [6.07, 6.45) is 1.24. The van der Waals surface area contributed by atoms with Gasteiger partial charge in [-0.2, -0.15) is 10.2 Å². The quantitative estimate of drug-likeness (QED) is 0.787. The molecule has 5 heteroatoms. The normalized spacial score (nSPS) is 19.2. The fourth-order valence-corrected chi connectivity index (χ4v) is 3.08. The molecule has 0 bridgehead atoms. The number of azo groups is 1. The number of hydrogen-bond donors (Lipinski definition) is 2. The fraction of sp³-hybridized carbons (Fsp3) is 0.316. The Kier molecular flexibility index (Phi) is 4.20. The van der Waals surface area contributed by atoms with Crippen LogP contribution in [-0.2, 0) is 5.41 Å². The van der Waals surface area contributed by atoms with Gasteiger partial charge in [0.1, 0.15) is 0 Å². The number of carbonyl (C=O) groups is 1. The van der Waals surface area contributed by atoms with Crippen LogP contribution in [-0.4, -0.2) is 16.2 Å². The highest BCUT2D eigenvalue weighted by Gasteiger charge is 2.31. The molecule has 2 N–H and O–H groups in total. The number of fused-ring (bicyclic) bond motifs is 1. The molecule has 124 valence electrons. The van der Waals surface area contributed by atoms with Crippen molar-refractivity contribution in [3.05, 3.63) is 59.2 Å². The Morgan fingerprint density at radius 3 is 2.38 bits per heavy atom. The second-order valence-corrected chi connectivity index (χ2v) is 6.76. The number of carboxylic acids is 1. The molecular formula is C19H20N2O3. The van der Waals surface area contributed by atoms with E-state index in [9.17, 15) is 9.90 Å². The Hall–Kier alpha value is -2.53. The molecule has 0 fully saturated rings. The molecule has 0 aliphatic heterocycles. The summed E-state index contributed by atoms with van der Waals surface area (Å²) in [5, 5.41) is 27.5. The lowest BCUT2D eigenvalue weighted by Crippen LogP contribution is -2.26. The van der Waals surface area contributed by atoms with E-state index in [2.05, 4.69) is 24.1 Å². The van der Waals surface area contributed by atoms with E-state index in [0.717, 1.165) is 24.0 Å². The molecule has 2 aromatic carbocycles. The van der Waals surface area contributed by atoms with Crippen molar-refractivity contribution < 1.29 is 15.0 Å². The average molecular weight is 324 g/mol. The minimum atomic E-state index is -0.968. The lowest BCUT2D eigenvalue weighted by molar-refractivity contribution is 0.0697. The van der Waals surface area contributed by atoms with Crippen molar-refractivity contribution in [2.45, 2.75) is 38.2 Å². The third kappa shape index (κ3) is 3.21. The third-order valence-electron chi connectivity index (χ3n) is 4.56. The highest BCUT2D eigenvalue weighted by Crippen LogP contribution is 2.42. The van der Waals surface area contributed by atoms with E-state index in [-0.39, 0.29) is 11.0 Å². The number of nitrogens with zero attached hydrogens (tertiary/aromatic N) is 2. The topological polar surface area (TPSA) is 82.2 Å². The zero-order chi connectivity index (χ0) is 17.3. The fourth-order valence-electron chi connectivity index (χ4n) is 3.08. The van der Waals surface area contributed by atoms with Crippen molar-refractivity contribution in [1.29, 1.82) is 0 Å². The van der Waals surface area contributed by atoms with E-state index in [1.54, 1.807) is 12.1 Å². The number of hydrogen-bond acceptors (Lipinski definition) is 4. The van der Waals surface area contributed by atoms with Crippen molar-refractivity contribution >= 4 is 17.3 Å². The van der Waals surface area contributed by atoms with Crippen LogP contribution in [0.4, 0.5) is 11.4 Å². The number of carboxylic acid groups (broad SMARTS) is 1. The summed E-state index contributed by atoms with van der Waals surface area (Å²) in [4.78, 5) is 10.8. The summed E-state index contributed by atoms with van der Waals surface area (Å²) in [5.74, 6) is -0.968. The maximum atomic E-state index is 10.8. The molecule has 0 spiro atoms. The minimum absolute atomic E-state index is 0.0525. The van der Waals surface area contributed by atoms with Crippen LogP contribution in [0.1, 0.15) is 54.3 Å². The molecule has 0 aromatic heterocycles. The van der Waals surface area contributed by atoms with Gasteiger partial charge in [-0.1, -0.05) is 19.9 Å². The van der Waals surface area contributed by atoms with Gasteiger partial charge >= 0.3 is 5.97 Å². The first kappa shape index (κ1) is 16.3. The molecule has 1 aliphatic rings. The van der Waals surface area contributed by atoms with E-state index in [1.165, 1.54) is 12.1 Å². The Balaban J connectivity index is 1.86. The van der Waals surface area contributed by atoms with Crippen LogP contribution in [0.5, 0.6) is 0 Å². The third-order valence-corrected chi connectivity index (χ3v) is 4.56. The number of aromatic carboxylic acids is 1. The maximum absolute atomic E-state index is 10.8. The van der Waals surface area contributed by atoms with Gasteiger partial charge in [-0.25, -0.2) is 4.79 Å². The van der Waals surface area contributed by atoms with Gasteiger partial charge in [-0.15, -0.1) is 0 Å². The van der Waals surface area contributed by atoms with Crippen LogP contribution in [0.25, 0.3) is 0 Å². The first-order chi connectivity index (χ1) is 11.4. The van der Waals surface area contributed by atoms with E-state index in [4.69, 9.17) is 5.11 Å². The summed E-state index contributed by atoms with van der Waals surface area (Å²) in [5.41, 5.74) is 3.60. The number of aliphatic hydroxyl groups excluding tert-OH is 1. The van der Waals surface area contributed by atoms with Gasteiger partial charge in [0.05, 0.1) is 23.0 Å². The highest BCUT2D eigenvalue weighted by molar-refractivity contribution is 5.87. The maximum Gasteiger partial charge on any atom is 0.335 e. The zero-order valence-corrected chi connectivity index (χ0v) is 13.7. The average Bonchev–Trinajstić information content (AvgIpc) is 2.57. The van der Waals surface area contributed by atoms with E-state index in [0.29, 0.717) is 11.4 Å². The smallest absolute Gasteiger partial charge is 0.335 e. The number of benzene rings is 2. The Morgan fingerprint density at radius 2 is 1.71 bits per heavy atom. The minimum Gasteiger partial charge on any atom is -0.478 e. The Bertz CT molecular complexity index is 795. The molecule has 0 radical (unpaired) electrons. The number of aliphatic hydroxyl groups is 1. The monoisotopic (exact) mass is 324 g/mol. The molecule has 1 atom stereocenters. The van der Waals surface area contributed by atoms with E-state index < -0.39 is 12.1 Å². The van der Waals surface area contributed by atoms with Gasteiger partial charge in [-0.05, 0) is 65.8 Å². The van der Waals surface area contributed by atoms with E-state index in [1.807, 2.05) is 18.2 Å². The molecule has 2 aromatic rings. The van der Waals surface area contributed by atoms with Crippen molar-refractivity contribution in [2.75, 3.05) is 0 Å². The molecular weight excluding hydrogens is 304 g/mol. The Morgan fingerprint density at radius 1 is 1.08 bits per heavy atom. The molecule has 0 saturated heterocycles. The van der Waals surface area contributed by atoms with E-state index >= 15 is 0 Å². The first-order valence-corrected chi connectivity index (χ1v) is 7.94. The van der Waals surface area contributed by atoms with Crippen LogP contribution in [0.3, 0.4) is 0 Å². The van der Waals surface area contributed by atoms with Gasteiger partial charge < -0.3 is 10.2 Å². The predicted molar refractivity (Wildman–Crippen MR) is 91.2 cm³/mol. The molecule has 5 nitrogen and oxygen atoms in total. The van der Waals surface area contributed by atoms with Gasteiger partial charge in [-0.3, -0.25) is 0 Å². The second-order valence-electron chi connectivity index (χ2n) is 6.76. The second kappa shape index (κ2) is 6.17. The van der Waals surface area contributed by atoms with Gasteiger partial charge in [0.2, 0.25) is 0 Å². The molecule has 0 heterocycles. The van der Waals surface area contributed by atoms with Crippen molar-refractivity contribution in [3.8, 4) is 0 Å². The standard InChI is InChI=1S/C19H20N2O3/c1-19(2)10-9-17(22)15-11-14(7-8-16(15)19)21-20-13-5-3-12(4-6-13)18(23)24/h3-8,11,17,22H,9-10H2,1-2H3,(H,23,24)/b21-20+. The molecule has 0 amide bonds. The number of rotatable bonds is 3.